The van der Waals surface area contributed by atoms with Crippen LogP contribution in [0, 0.1) is 0 Å². The Labute approximate surface area is 92.0 Å². The Morgan fingerprint density at radius 1 is 1.38 bits per heavy atom. The van der Waals surface area contributed by atoms with Crippen LogP contribution >= 0.6 is 0 Å². The van der Waals surface area contributed by atoms with E-state index < -0.39 is 0 Å². The lowest BCUT2D eigenvalue weighted by atomic mass is 10.3. The second-order valence-corrected chi connectivity index (χ2v) is 3.93. The third-order valence-corrected chi connectivity index (χ3v) is 2.53. The largest absolute Gasteiger partial charge is 0.360 e. The highest BCUT2D eigenvalue weighted by Gasteiger charge is 2.28. The molecule has 0 atom stereocenters. The lowest BCUT2D eigenvalue weighted by Crippen LogP contribution is -2.04. The molecule has 0 bridgehead atoms. The SMILES string of the molecule is CNCc1nc(-c2cc(C3CC3)on2)no1. The molecule has 1 aliphatic rings. The molecule has 3 rings (SSSR count). The van der Waals surface area contributed by atoms with Crippen molar-refractivity contribution in [2.24, 2.45) is 0 Å². The fraction of sp³-hybridized carbons (Fsp3) is 0.500. The summed E-state index contributed by atoms with van der Waals surface area (Å²) in [4.78, 5) is 4.20. The van der Waals surface area contributed by atoms with E-state index in [1.165, 1.54) is 12.8 Å². The van der Waals surface area contributed by atoms with Crippen molar-refractivity contribution in [1.82, 2.24) is 20.6 Å². The molecule has 0 radical (unpaired) electrons. The molecule has 2 aromatic heterocycles. The summed E-state index contributed by atoms with van der Waals surface area (Å²) in [5, 5.41) is 10.7. The van der Waals surface area contributed by atoms with E-state index in [0.29, 0.717) is 29.9 Å². The molecule has 0 saturated heterocycles. The molecule has 1 N–H and O–H groups in total. The molecule has 0 aliphatic heterocycles. The van der Waals surface area contributed by atoms with Gasteiger partial charge in [0.25, 0.3) is 0 Å². The van der Waals surface area contributed by atoms with Crippen LogP contribution in [0.3, 0.4) is 0 Å². The predicted octanol–water partition coefficient (Wildman–Crippen LogP) is 1.32. The summed E-state index contributed by atoms with van der Waals surface area (Å²) >= 11 is 0. The molecule has 1 aliphatic carbocycles. The summed E-state index contributed by atoms with van der Waals surface area (Å²) in [7, 11) is 1.82. The van der Waals surface area contributed by atoms with Crippen molar-refractivity contribution in [2.45, 2.75) is 25.3 Å². The van der Waals surface area contributed by atoms with Crippen molar-refractivity contribution < 1.29 is 9.05 Å². The topological polar surface area (TPSA) is 77.0 Å². The Bertz CT molecular complexity index is 486. The van der Waals surface area contributed by atoms with E-state index in [0.717, 1.165) is 5.76 Å². The molecular weight excluding hydrogens is 208 g/mol. The van der Waals surface area contributed by atoms with Gasteiger partial charge in [-0.05, 0) is 19.9 Å². The van der Waals surface area contributed by atoms with Gasteiger partial charge in [-0.3, -0.25) is 0 Å². The van der Waals surface area contributed by atoms with Gasteiger partial charge in [-0.25, -0.2) is 0 Å². The first-order chi connectivity index (χ1) is 7.86. The van der Waals surface area contributed by atoms with Gasteiger partial charge < -0.3 is 14.4 Å². The van der Waals surface area contributed by atoms with E-state index >= 15 is 0 Å². The predicted molar refractivity (Wildman–Crippen MR) is 54.5 cm³/mol. The number of aromatic nitrogens is 3. The lowest BCUT2D eigenvalue weighted by Gasteiger charge is -1.86. The molecule has 2 aromatic rings. The maximum Gasteiger partial charge on any atom is 0.240 e. The third-order valence-electron chi connectivity index (χ3n) is 2.53. The zero-order valence-corrected chi connectivity index (χ0v) is 8.93. The van der Waals surface area contributed by atoms with Gasteiger partial charge in [0, 0.05) is 12.0 Å². The fourth-order valence-corrected chi connectivity index (χ4v) is 1.54. The van der Waals surface area contributed by atoms with Crippen molar-refractivity contribution in [2.75, 3.05) is 7.05 Å². The van der Waals surface area contributed by atoms with Crippen LogP contribution in [-0.4, -0.2) is 22.3 Å². The molecule has 0 aromatic carbocycles. The van der Waals surface area contributed by atoms with E-state index in [1.807, 2.05) is 13.1 Å². The number of nitrogens with zero attached hydrogens (tertiary/aromatic N) is 3. The summed E-state index contributed by atoms with van der Waals surface area (Å²) in [6.07, 6.45) is 2.37. The van der Waals surface area contributed by atoms with Gasteiger partial charge in [0.2, 0.25) is 11.7 Å². The van der Waals surface area contributed by atoms with E-state index in [1.54, 1.807) is 0 Å². The number of hydrogen-bond donors (Lipinski definition) is 1. The highest BCUT2D eigenvalue weighted by atomic mass is 16.5. The van der Waals surface area contributed by atoms with E-state index in [9.17, 15) is 0 Å². The summed E-state index contributed by atoms with van der Waals surface area (Å²) in [6, 6.07) is 1.89. The summed E-state index contributed by atoms with van der Waals surface area (Å²) in [6.45, 7) is 0.556. The Balaban J connectivity index is 1.83. The Hall–Kier alpha value is -1.69. The van der Waals surface area contributed by atoms with Crippen LogP contribution in [0.5, 0.6) is 0 Å². The van der Waals surface area contributed by atoms with Gasteiger partial charge in [0.1, 0.15) is 5.76 Å². The van der Waals surface area contributed by atoms with Crippen LogP contribution in [0.25, 0.3) is 11.5 Å². The van der Waals surface area contributed by atoms with E-state index in [4.69, 9.17) is 9.05 Å². The average molecular weight is 220 g/mol. The molecule has 1 fully saturated rings. The highest BCUT2D eigenvalue weighted by Crippen LogP contribution is 2.40. The molecule has 0 unspecified atom stereocenters. The normalized spacial score (nSPS) is 15.6. The second kappa shape index (κ2) is 3.71. The van der Waals surface area contributed by atoms with Crippen LogP contribution in [0.15, 0.2) is 15.1 Å². The first kappa shape index (κ1) is 9.53. The van der Waals surface area contributed by atoms with Crippen LogP contribution in [0.1, 0.15) is 30.4 Å². The third kappa shape index (κ3) is 1.71. The van der Waals surface area contributed by atoms with Crippen molar-refractivity contribution in [3.05, 3.63) is 17.7 Å². The van der Waals surface area contributed by atoms with Gasteiger partial charge in [-0.2, -0.15) is 4.98 Å². The first-order valence-corrected chi connectivity index (χ1v) is 5.31. The Kier molecular flexibility index (Phi) is 2.21. The highest BCUT2D eigenvalue weighted by molar-refractivity contribution is 5.48. The smallest absolute Gasteiger partial charge is 0.240 e. The summed E-state index contributed by atoms with van der Waals surface area (Å²) in [5.41, 5.74) is 0.646. The van der Waals surface area contributed by atoms with Gasteiger partial charge in [-0.15, -0.1) is 0 Å². The Morgan fingerprint density at radius 3 is 3.00 bits per heavy atom. The standard InChI is InChI=1S/C10H12N4O2/c1-11-5-9-12-10(14-16-9)7-4-8(15-13-7)6-2-3-6/h4,6,11H,2-3,5H2,1H3. The zero-order valence-electron chi connectivity index (χ0n) is 8.93. The first-order valence-electron chi connectivity index (χ1n) is 5.31. The molecule has 84 valence electrons. The van der Waals surface area contributed by atoms with E-state index in [-0.39, 0.29) is 0 Å². The number of rotatable bonds is 4. The second-order valence-electron chi connectivity index (χ2n) is 3.93. The number of nitrogens with one attached hydrogen (secondary N) is 1. The van der Waals surface area contributed by atoms with Crippen molar-refractivity contribution >= 4 is 0 Å². The summed E-state index contributed by atoms with van der Waals surface area (Å²) < 4.78 is 10.3. The van der Waals surface area contributed by atoms with Crippen molar-refractivity contribution in [1.29, 1.82) is 0 Å². The van der Waals surface area contributed by atoms with Gasteiger partial charge in [-0.1, -0.05) is 10.3 Å². The van der Waals surface area contributed by atoms with Gasteiger partial charge >= 0.3 is 0 Å². The zero-order chi connectivity index (χ0) is 11.0. The molecule has 0 spiro atoms. The van der Waals surface area contributed by atoms with Gasteiger partial charge in [0.15, 0.2) is 5.69 Å². The fourth-order valence-electron chi connectivity index (χ4n) is 1.54. The van der Waals surface area contributed by atoms with Crippen molar-refractivity contribution in [3.8, 4) is 11.5 Å². The molecule has 1 saturated carbocycles. The molecular formula is C10H12N4O2. The van der Waals surface area contributed by atoms with Crippen LogP contribution in [0.2, 0.25) is 0 Å². The molecule has 0 amide bonds. The average Bonchev–Trinajstić information content (AvgIpc) is 2.85. The molecule has 2 heterocycles. The van der Waals surface area contributed by atoms with Crippen LogP contribution < -0.4 is 5.32 Å². The van der Waals surface area contributed by atoms with Gasteiger partial charge in [0.05, 0.1) is 6.54 Å². The van der Waals surface area contributed by atoms with Crippen molar-refractivity contribution in [3.63, 3.8) is 0 Å². The minimum atomic E-state index is 0.487. The van der Waals surface area contributed by atoms with Crippen LogP contribution in [0.4, 0.5) is 0 Å². The minimum absolute atomic E-state index is 0.487. The molecule has 16 heavy (non-hydrogen) atoms. The monoisotopic (exact) mass is 220 g/mol. The maximum atomic E-state index is 5.22. The maximum absolute atomic E-state index is 5.22. The summed E-state index contributed by atoms with van der Waals surface area (Å²) in [5.74, 6) is 2.51. The Morgan fingerprint density at radius 2 is 2.25 bits per heavy atom. The molecule has 6 nitrogen and oxygen atoms in total. The minimum Gasteiger partial charge on any atom is -0.360 e. The quantitative estimate of drug-likeness (QED) is 0.837. The van der Waals surface area contributed by atoms with Crippen LogP contribution in [-0.2, 0) is 6.54 Å². The molecule has 6 heteroatoms. The lowest BCUT2D eigenvalue weighted by molar-refractivity contribution is 0.370. The number of hydrogen-bond acceptors (Lipinski definition) is 6. The van der Waals surface area contributed by atoms with E-state index in [2.05, 4.69) is 20.6 Å².